The van der Waals surface area contributed by atoms with Crippen molar-refractivity contribution in [2.75, 3.05) is 28.0 Å². The number of carbonyl (C=O) groups is 1. The highest BCUT2D eigenvalue weighted by molar-refractivity contribution is 7.92. The van der Waals surface area contributed by atoms with E-state index in [-0.39, 0.29) is 10.8 Å². The normalized spacial score (nSPS) is 14.1. The quantitative estimate of drug-likeness (QED) is 0.550. The van der Waals surface area contributed by atoms with Crippen molar-refractivity contribution >= 4 is 33.1 Å². The van der Waals surface area contributed by atoms with Gasteiger partial charge in [-0.3, -0.25) is 9.52 Å². The average molecular weight is 465 g/mol. The van der Waals surface area contributed by atoms with Crippen molar-refractivity contribution in [2.45, 2.75) is 38.0 Å². The lowest BCUT2D eigenvalue weighted by molar-refractivity contribution is 0.102. The fourth-order valence-corrected chi connectivity index (χ4v) is 5.34. The summed E-state index contributed by atoms with van der Waals surface area (Å²) in [7, 11) is -3.83. The van der Waals surface area contributed by atoms with Crippen molar-refractivity contribution in [1.82, 2.24) is 4.98 Å². The SMILES string of the molecule is Cc1cccc(NS(=O)(=O)c2cc(NC(=O)c3cccnc3N3CCCCC3)ccc2C)c1. The number of pyridine rings is 1. The molecule has 1 amide bonds. The Bertz CT molecular complexity index is 1270. The van der Waals surface area contributed by atoms with Gasteiger partial charge in [-0.25, -0.2) is 13.4 Å². The molecular weight excluding hydrogens is 436 g/mol. The van der Waals surface area contributed by atoms with Gasteiger partial charge in [-0.1, -0.05) is 18.2 Å². The molecule has 1 aliphatic heterocycles. The van der Waals surface area contributed by atoms with Crippen LogP contribution in [0, 0.1) is 13.8 Å². The maximum atomic E-state index is 13.1. The molecule has 33 heavy (non-hydrogen) atoms. The van der Waals surface area contributed by atoms with Crippen LogP contribution >= 0.6 is 0 Å². The minimum atomic E-state index is -3.83. The van der Waals surface area contributed by atoms with Gasteiger partial charge in [-0.05, 0) is 80.6 Å². The largest absolute Gasteiger partial charge is 0.356 e. The molecule has 1 aromatic heterocycles. The first-order valence-corrected chi connectivity index (χ1v) is 12.5. The van der Waals surface area contributed by atoms with E-state index in [2.05, 4.69) is 19.9 Å². The minimum absolute atomic E-state index is 0.115. The smallest absolute Gasteiger partial charge is 0.262 e. The lowest BCUT2D eigenvalue weighted by Crippen LogP contribution is -2.32. The maximum absolute atomic E-state index is 13.1. The number of nitrogens with one attached hydrogen (secondary N) is 2. The van der Waals surface area contributed by atoms with Crippen LogP contribution in [0.2, 0.25) is 0 Å². The Labute approximate surface area is 194 Å². The third kappa shape index (κ3) is 5.34. The molecule has 1 saturated heterocycles. The molecule has 0 aliphatic carbocycles. The maximum Gasteiger partial charge on any atom is 0.262 e. The number of sulfonamides is 1. The van der Waals surface area contributed by atoms with Crippen molar-refractivity contribution in [1.29, 1.82) is 0 Å². The van der Waals surface area contributed by atoms with E-state index in [1.54, 1.807) is 55.6 Å². The van der Waals surface area contributed by atoms with Gasteiger partial charge in [0.25, 0.3) is 15.9 Å². The van der Waals surface area contributed by atoms with E-state index in [0.29, 0.717) is 28.3 Å². The van der Waals surface area contributed by atoms with Crippen LogP contribution in [0.3, 0.4) is 0 Å². The number of hydrogen-bond donors (Lipinski definition) is 2. The van der Waals surface area contributed by atoms with Crippen LogP contribution in [0.5, 0.6) is 0 Å². The van der Waals surface area contributed by atoms with Crippen molar-refractivity contribution in [2.24, 2.45) is 0 Å². The van der Waals surface area contributed by atoms with Crippen LogP contribution < -0.4 is 14.9 Å². The average Bonchev–Trinajstić information content (AvgIpc) is 2.80. The first-order valence-electron chi connectivity index (χ1n) is 11.0. The molecule has 1 fully saturated rings. The number of rotatable bonds is 6. The zero-order valence-corrected chi connectivity index (χ0v) is 19.7. The highest BCUT2D eigenvalue weighted by Crippen LogP contribution is 2.26. The Kier molecular flexibility index (Phi) is 6.65. The second kappa shape index (κ2) is 9.62. The number of aromatic nitrogens is 1. The molecular formula is C25H28N4O3S. The highest BCUT2D eigenvalue weighted by atomic mass is 32.2. The van der Waals surface area contributed by atoms with Crippen molar-refractivity contribution in [3.63, 3.8) is 0 Å². The summed E-state index contributed by atoms with van der Waals surface area (Å²) >= 11 is 0. The molecule has 1 aliphatic rings. The molecule has 0 saturated carbocycles. The Morgan fingerprint density at radius 1 is 0.939 bits per heavy atom. The van der Waals surface area contributed by atoms with Gasteiger partial charge in [-0.15, -0.1) is 0 Å². The fourth-order valence-electron chi connectivity index (χ4n) is 4.02. The van der Waals surface area contributed by atoms with E-state index in [9.17, 15) is 13.2 Å². The van der Waals surface area contributed by atoms with E-state index in [0.717, 1.165) is 31.5 Å². The van der Waals surface area contributed by atoms with E-state index in [4.69, 9.17) is 0 Å². The molecule has 2 N–H and O–H groups in total. The second-order valence-electron chi connectivity index (χ2n) is 8.33. The summed E-state index contributed by atoms with van der Waals surface area (Å²) in [6, 6.07) is 15.5. The van der Waals surface area contributed by atoms with Gasteiger partial charge in [0.15, 0.2) is 0 Å². The number of aryl methyl sites for hydroxylation is 2. The topological polar surface area (TPSA) is 91.4 Å². The zero-order chi connectivity index (χ0) is 23.4. The zero-order valence-electron chi connectivity index (χ0n) is 18.8. The molecule has 0 radical (unpaired) electrons. The van der Waals surface area contributed by atoms with Gasteiger partial charge < -0.3 is 10.2 Å². The molecule has 2 heterocycles. The summed E-state index contributed by atoms with van der Waals surface area (Å²) in [5.74, 6) is 0.346. The standard InChI is InChI=1S/C25H28N4O3S/c1-18-8-6-9-21(16-18)28-33(31,32)23-17-20(12-11-19(23)2)27-25(30)22-10-7-13-26-24(22)29-14-4-3-5-15-29/h6-13,16-17,28H,3-5,14-15H2,1-2H3,(H,27,30). The number of nitrogens with zero attached hydrogens (tertiary/aromatic N) is 2. The number of benzene rings is 2. The van der Waals surface area contributed by atoms with E-state index in [1.165, 1.54) is 12.5 Å². The van der Waals surface area contributed by atoms with Crippen LogP contribution in [0.1, 0.15) is 40.7 Å². The van der Waals surface area contributed by atoms with Gasteiger partial charge in [0.1, 0.15) is 5.82 Å². The Hall–Kier alpha value is -3.39. The van der Waals surface area contributed by atoms with Crippen LogP contribution in [0.15, 0.2) is 65.7 Å². The number of anilines is 3. The van der Waals surface area contributed by atoms with Crippen LogP contribution in [-0.2, 0) is 10.0 Å². The van der Waals surface area contributed by atoms with Crippen molar-refractivity contribution in [3.8, 4) is 0 Å². The molecule has 0 unspecified atom stereocenters. The molecule has 7 nitrogen and oxygen atoms in total. The van der Waals surface area contributed by atoms with Crippen LogP contribution in [-0.4, -0.2) is 32.4 Å². The first kappa shape index (κ1) is 22.8. The third-order valence-electron chi connectivity index (χ3n) is 5.69. The molecule has 2 aromatic carbocycles. The second-order valence-corrected chi connectivity index (χ2v) is 9.98. The summed E-state index contributed by atoms with van der Waals surface area (Å²) in [4.78, 5) is 19.8. The number of amides is 1. The van der Waals surface area contributed by atoms with Gasteiger partial charge in [0.2, 0.25) is 0 Å². The summed E-state index contributed by atoms with van der Waals surface area (Å²) in [6.07, 6.45) is 5.02. The summed E-state index contributed by atoms with van der Waals surface area (Å²) < 4.78 is 28.7. The Morgan fingerprint density at radius 3 is 2.48 bits per heavy atom. The van der Waals surface area contributed by atoms with Crippen LogP contribution in [0.4, 0.5) is 17.2 Å². The predicted octanol–water partition coefficient (Wildman–Crippen LogP) is 4.74. The molecule has 0 spiro atoms. The lowest BCUT2D eigenvalue weighted by Gasteiger charge is -2.29. The van der Waals surface area contributed by atoms with Gasteiger partial charge in [0.05, 0.1) is 10.5 Å². The summed E-state index contributed by atoms with van der Waals surface area (Å²) in [6.45, 7) is 5.37. The Balaban J connectivity index is 1.58. The van der Waals surface area contributed by atoms with Crippen molar-refractivity contribution in [3.05, 3.63) is 77.5 Å². The van der Waals surface area contributed by atoms with Gasteiger partial charge >= 0.3 is 0 Å². The van der Waals surface area contributed by atoms with Gasteiger partial charge in [0, 0.05) is 30.7 Å². The Morgan fingerprint density at radius 2 is 1.73 bits per heavy atom. The van der Waals surface area contributed by atoms with Crippen molar-refractivity contribution < 1.29 is 13.2 Å². The predicted molar refractivity (Wildman–Crippen MR) is 131 cm³/mol. The number of piperidine rings is 1. The van der Waals surface area contributed by atoms with E-state index >= 15 is 0 Å². The minimum Gasteiger partial charge on any atom is -0.356 e. The molecule has 0 bridgehead atoms. The highest BCUT2D eigenvalue weighted by Gasteiger charge is 2.21. The molecule has 3 aromatic rings. The first-order chi connectivity index (χ1) is 15.8. The van der Waals surface area contributed by atoms with E-state index < -0.39 is 10.0 Å². The van der Waals surface area contributed by atoms with Gasteiger partial charge in [-0.2, -0.15) is 0 Å². The molecule has 8 heteroatoms. The number of hydrogen-bond acceptors (Lipinski definition) is 5. The number of carbonyl (C=O) groups excluding carboxylic acids is 1. The molecule has 0 atom stereocenters. The molecule has 172 valence electrons. The van der Waals surface area contributed by atoms with Crippen LogP contribution in [0.25, 0.3) is 0 Å². The summed E-state index contributed by atoms with van der Waals surface area (Å²) in [5, 5.41) is 2.85. The fraction of sp³-hybridized carbons (Fsp3) is 0.280. The third-order valence-corrected chi connectivity index (χ3v) is 7.22. The lowest BCUT2D eigenvalue weighted by atomic mass is 10.1. The monoisotopic (exact) mass is 464 g/mol. The molecule has 4 rings (SSSR count). The summed E-state index contributed by atoms with van der Waals surface area (Å²) in [5.41, 5.74) is 2.91. The van der Waals surface area contributed by atoms with E-state index in [1.807, 2.05) is 13.0 Å².